The van der Waals surface area contributed by atoms with Gasteiger partial charge < -0.3 is 10.6 Å². The molecule has 1 amide bonds. The smallest absolute Gasteiger partial charge is 0.239 e. The molecular weight excluding hydrogens is 255 g/mol. The number of nitrogens with one attached hydrogen (secondary N) is 2. The Hall–Kier alpha value is -1.29. The van der Waals surface area contributed by atoms with Crippen molar-refractivity contribution in [3.63, 3.8) is 0 Å². The molecule has 0 aromatic heterocycles. The Labute approximate surface area is 112 Å². The van der Waals surface area contributed by atoms with Gasteiger partial charge in [-0.15, -0.1) is 0 Å². The standard InChI is InChI=1S/C13H18ClFN2O/c1-9(2)5-6-16-13(18)8-17-12-4-3-10(14)7-11(12)15/h3-4,7,9,17H,5-6,8H2,1-2H3,(H,16,18). The number of amides is 1. The minimum atomic E-state index is -0.461. The van der Waals surface area contributed by atoms with Crippen LogP contribution in [0.2, 0.25) is 5.02 Å². The first-order chi connectivity index (χ1) is 8.49. The Balaban J connectivity index is 2.33. The van der Waals surface area contributed by atoms with Crippen molar-refractivity contribution in [1.29, 1.82) is 0 Å². The van der Waals surface area contributed by atoms with Crippen molar-refractivity contribution in [3.8, 4) is 0 Å². The van der Waals surface area contributed by atoms with Crippen molar-refractivity contribution in [2.45, 2.75) is 20.3 Å². The fourth-order valence-corrected chi connectivity index (χ4v) is 1.53. The third-order valence-electron chi connectivity index (χ3n) is 2.41. The number of carbonyl (C=O) groups is 1. The molecule has 1 rings (SSSR count). The lowest BCUT2D eigenvalue weighted by molar-refractivity contribution is -0.119. The molecule has 0 fully saturated rings. The summed E-state index contributed by atoms with van der Waals surface area (Å²) in [6.07, 6.45) is 0.932. The highest BCUT2D eigenvalue weighted by Gasteiger charge is 2.05. The molecule has 1 aromatic carbocycles. The minimum absolute atomic E-state index is 0.0522. The van der Waals surface area contributed by atoms with Gasteiger partial charge in [0.15, 0.2) is 0 Å². The molecule has 2 N–H and O–H groups in total. The van der Waals surface area contributed by atoms with Gasteiger partial charge in [-0.05, 0) is 30.5 Å². The summed E-state index contributed by atoms with van der Waals surface area (Å²) >= 11 is 5.63. The van der Waals surface area contributed by atoms with Gasteiger partial charge in [0.1, 0.15) is 5.82 Å². The predicted octanol–water partition coefficient (Wildman–Crippen LogP) is 3.05. The quantitative estimate of drug-likeness (QED) is 0.836. The number of hydrogen-bond acceptors (Lipinski definition) is 2. The van der Waals surface area contributed by atoms with Gasteiger partial charge in [0.25, 0.3) is 0 Å². The first-order valence-corrected chi connectivity index (χ1v) is 6.32. The van der Waals surface area contributed by atoms with Crippen molar-refractivity contribution >= 4 is 23.2 Å². The molecule has 0 saturated carbocycles. The Bertz CT molecular complexity index is 410. The minimum Gasteiger partial charge on any atom is -0.374 e. The van der Waals surface area contributed by atoms with Crippen LogP contribution in [-0.2, 0) is 4.79 Å². The highest BCUT2D eigenvalue weighted by Crippen LogP contribution is 2.18. The summed E-state index contributed by atoms with van der Waals surface area (Å²) in [6.45, 7) is 4.87. The fourth-order valence-electron chi connectivity index (χ4n) is 1.37. The summed E-state index contributed by atoms with van der Waals surface area (Å²) in [5.41, 5.74) is 0.276. The second-order valence-electron chi connectivity index (χ2n) is 4.51. The molecule has 100 valence electrons. The van der Waals surface area contributed by atoms with E-state index < -0.39 is 5.82 Å². The van der Waals surface area contributed by atoms with Crippen molar-refractivity contribution in [2.24, 2.45) is 5.92 Å². The summed E-state index contributed by atoms with van der Waals surface area (Å²) in [5, 5.41) is 5.83. The largest absolute Gasteiger partial charge is 0.374 e. The average molecular weight is 273 g/mol. The van der Waals surface area contributed by atoms with Crippen LogP contribution in [-0.4, -0.2) is 19.0 Å². The summed E-state index contributed by atoms with van der Waals surface area (Å²) < 4.78 is 13.4. The van der Waals surface area contributed by atoms with Crippen molar-refractivity contribution < 1.29 is 9.18 Å². The highest BCUT2D eigenvalue weighted by atomic mass is 35.5. The van der Waals surface area contributed by atoms with E-state index in [1.807, 2.05) is 0 Å². The van der Waals surface area contributed by atoms with Crippen LogP contribution in [0.3, 0.4) is 0 Å². The van der Waals surface area contributed by atoms with E-state index in [0.29, 0.717) is 17.5 Å². The molecule has 0 atom stereocenters. The van der Waals surface area contributed by atoms with Gasteiger partial charge in [-0.1, -0.05) is 25.4 Å². The zero-order valence-electron chi connectivity index (χ0n) is 10.6. The molecule has 0 spiro atoms. The van der Waals surface area contributed by atoms with Crippen molar-refractivity contribution in [1.82, 2.24) is 5.32 Å². The van der Waals surface area contributed by atoms with E-state index in [9.17, 15) is 9.18 Å². The van der Waals surface area contributed by atoms with Crippen LogP contribution in [0.5, 0.6) is 0 Å². The van der Waals surface area contributed by atoms with Gasteiger partial charge in [-0.2, -0.15) is 0 Å². The van der Waals surface area contributed by atoms with Gasteiger partial charge in [0.05, 0.1) is 12.2 Å². The van der Waals surface area contributed by atoms with Crippen LogP contribution in [0, 0.1) is 11.7 Å². The van der Waals surface area contributed by atoms with Crippen LogP contribution < -0.4 is 10.6 Å². The number of benzene rings is 1. The van der Waals surface area contributed by atoms with Gasteiger partial charge in [0.2, 0.25) is 5.91 Å². The molecule has 18 heavy (non-hydrogen) atoms. The van der Waals surface area contributed by atoms with E-state index >= 15 is 0 Å². The van der Waals surface area contributed by atoms with Crippen LogP contribution in [0.15, 0.2) is 18.2 Å². The van der Waals surface area contributed by atoms with Gasteiger partial charge >= 0.3 is 0 Å². The molecule has 0 aliphatic heterocycles. The molecule has 0 heterocycles. The molecule has 0 bridgehead atoms. The van der Waals surface area contributed by atoms with Gasteiger partial charge in [-0.25, -0.2) is 4.39 Å². The summed E-state index contributed by atoms with van der Waals surface area (Å²) in [6, 6.07) is 4.29. The van der Waals surface area contributed by atoms with E-state index in [4.69, 9.17) is 11.6 Å². The third-order valence-corrected chi connectivity index (χ3v) is 2.65. The SMILES string of the molecule is CC(C)CCNC(=O)CNc1ccc(Cl)cc1F. The molecule has 1 aromatic rings. The predicted molar refractivity (Wildman–Crippen MR) is 72.4 cm³/mol. The molecular formula is C13H18ClFN2O. The average Bonchev–Trinajstić information content (AvgIpc) is 2.27. The number of carbonyl (C=O) groups excluding carboxylic acids is 1. The summed E-state index contributed by atoms with van der Waals surface area (Å²) in [5.74, 6) is -0.0607. The van der Waals surface area contributed by atoms with Gasteiger partial charge in [0, 0.05) is 11.6 Å². The second-order valence-corrected chi connectivity index (χ2v) is 4.95. The Morgan fingerprint density at radius 2 is 2.17 bits per heavy atom. The molecule has 3 nitrogen and oxygen atoms in total. The van der Waals surface area contributed by atoms with Crippen molar-refractivity contribution in [3.05, 3.63) is 29.0 Å². The maximum Gasteiger partial charge on any atom is 0.239 e. The second kappa shape index (κ2) is 7.21. The fraction of sp³-hybridized carbons (Fsp3) is 0.462. The summed E-state index contributed by atoms with van der Waals surface area (Å²) in [7, 11) is 0. The number of halogens is 2. The first kappa shape index (κ1) is 14.8. The van der Waals surface area contributed by atoms with Crippen LogP contribution in [0.4, 0.5) is 10.1 Å². The maximum absolute atomic E-state index is 13.4. The lowest BCUT2D eigenvalue weighted by atomic mass is 10.1. The normalized spacial score (nSPS) is 10.5. The number of rotatable bonds is 6. The van der Waals surface area contributed by atoms with E-state index in [2.05, 4.69) is 24.5 Å². The monoisotopic (exact) mass is 272 g/mol. The maximum atomic E-state index is 13.4. The van der Waals surface area contributed by atoms with Crippen molar-refractivity contribution in [2.75, 3.05) is 18.4 Å². The van der Waals surface area contributed by atoms with Crippen LogP contribution >= 0.6 is 11.6 Å². The van der Waals surface area contributed by atoms with E-state index in [-0.39, 0.29) is 18.1 Å². The van der Waals surface area contributed by atoms with Gasteiger partial charge in [-0.3, -0.25) is 4.79 Å². The number of anilines is 1. The zero-order chi connectivity index (χ0) is 13.5. The molecule has 0 unspecified atom stereocenters. The molecule has 0 aliphatic rings. The van der Waals surface area contributed by atoms with E-state index in [1.54, 1.807) is 6.07 Å². The molecule has 5 heteroatoms. The molecule has 0 radical (unpaired) electrons. The highest BCUT2D eigenvalue weighted by molar-refractivity contribution is 6.30. The third kappa shape index (κ3) is 5.36. The topological polar surface area (TPSA) is 41.1 Å². The lowest BCUT2D eigenvalue weighted by Gasteiger charge is -2.09. The zero-order valence-corrected chi connectivity index (χ0v) is 11.4. The van der Waals surface area contributed by atoms with E-state index in [1.165, 1.54) is 12.1 Å². The number of hydrogen-bond donors (Lipinski definition) is 2. The first-order valence-electron chi connectivity index (χ1n) is 5.94. The summed E-state index contributed by atoms with van der Waals surface area (Å²) in [4.78, 5) is 11.5. The van der Waals surface area contributed by atoms with Crippen LogP contribution in [0.1, 0.15) is 20.3 Å². The van der Waals surface area contributed by atoms with E-state index in [0.717, 1.165) is 6.42 Å². The lowest BCUT2D eigenvalue weighted by Crippen LogP contribution is -2.31. The Morgan fingerprint density at radius 3 is 2.78 bits per heavy atom. The van der Waals surface area contributed by atoms with Crippen LogP contribution in [0.25, 0.3) is 0 Å². The Kier molecular flexibility index (Phi) is 5.92. The molecule has 0 aliphatic carbocycles. The molecule has 0 saturated heterocycles. The Morgan fingerprint density at radius 1 is 1.44 bits per heavy atom.